The van der Waals surface area contributed by atoms with Gasteiger partial charge in [-0.3, -0.25) is 0 Å². The first-order valence-electron chi connectivity index (χ1n) is 8.30. The summed E-state index contributed by atoms with van der Waals surface area (Å²) in [5.41, 5.74) is 3.95. The predicted octanol–water partition coefficient (Wildman–Crippen LogP) is 4.76. The Balaban J connectivity index is 1.52. The number of rotatable bonds is 6. The third kappa shape index (κ3) is 3.63. The Hall–Kier alpha value is -3.32. The van der Waals surface area contributed by atoms with E-state index in [-0.39, 0.29) is 0 Å². The average Bonchev–Trinajstić information content (AvgIpc) is 3.40. The molecule has 27 heavy (non-hydrogen) atoms. The van der Waals surface area contributed by atoms with Crippen molar-refractivity contribution >= 4 is 22.2 Å². The van der Waals surface area contributed by atoms with Crippen LogP contribution in [0.25, 0.3) is 16.9 Å². The first kappa shape index (κ1) is 17.1. The van der Waals surface area contributed by atoms with E-state index < -0.39 is 0 Å². The van der Waals surface area contributed by atoms with E-state index in [0.29, 0.717) is 11.5 Å². The fourth-order valence-corrected chi connectivity index (χ4v) is 3.46. The van der Waals surface area contributed by atoms with Crippen LogP contribution in [0.2, 0.25) is 0 Å². The molecule has 7 heteroatoms. The zero-order valence-corrected chi connectivity index (χ0v) is 15.7. The van der Waals surface area contributed by atoms with Gasteiger partial charge in [0.2, 0.25) is 0 Å². The molecule has 0 saturated heterocycles. The van der Waals surface area contributed by atoms with E-state index in [2.05, 4.69) is 39.6 Å². The van der Waals surface area contributed by atoms with Crippen LogP contribution in [0.15, 0.2) is 66.6 Å². The summed E-state index contributed by atoms with van der Waals surface area (Å²) < 4.78 is 12.6. The Labute approximate surface area is 161 Å². The highest BCUT2D eigenvalue weighted by Gasteiger charge is 2.08. The van der Waals surface area contributed by atoms with Crippen LogP contribution in [0, 0.1) is 0 Å². The number of ether oxygens (including phenoxy) is 2. The molecule has 4 rings (SSSR count). The molecule has 0 aliphatic carbocycles. The van der Waals surface area contributed by atoms with Gasteiger partial charge in [0.1, 0.15) is 0 Å². The van der Waals surface area contributed by atoms with E-state index in [1.807, 2.05) is 34.3 Å². The summed E-state index contributed by atoms with van der Waals surface area (Å²) >= 11 is 1.56. The summed E-state index contributed by atoms with van der Waals surface area (Å²) in [6.45, 7) is 0. The maximum absolute atomic E-state index is 5.34. The molecule has 6 nitrogen and oxygen atoms in total. The molecule has 2 heterocycles. The first-order chi connectivity index (χ1) is 13.3. The van der Waals surface area contributed by atoms with E-state index in [1.165, 1.54) is 0 Å². The molecule has 4 aromatic rings. The number of thiazole rings is 1. The number of hydrogen-bond donors (Lipinski definition) is 1. The van der Waals surface area contributed by atoms with Gasteiger partial charge in [0.25, 0.3) is 0 Å². The van der Waals surface area contributed by atoms with Crippen molar-refractivity contribution in [3.63, 3.8) is 0 Å². The zero-order valence-electron chi connectivity index (χ0n) is 14.9. The summed E-state index contributed by atoms with van der Waals surface area (Å²) in [6.07, 6.45) is 5.46. The van der Waals surface area contributed by atoms with Gasteiger partial charge in [0.15, 0.2) is 16.6 Å². The lowest BCUT2D eigenvalue weighted by molar-refractivity contribution is 0.355. The Bertz CT molecular complexity index is 1030. The molecule has 2 aromatic carbocycles. The molecule has 136 valence electrons. The largest absolute Gasteiger partial charge is 0.493 e. The normalized spacial score (nSPS) is 10.6. The van der Waals surface area contributed by atoms with Gasteiger partial charge in [-0.15, -0.1) is 11.3 Å². The lowest BCUT2D eigenvalue weighted by Gasteiger charge is -2.09. The van der Waals surface area contributed by atoms with Gasteiger partial charge in [0.05, 0.1) is 26.2 Å². The fourth-order valence-electron chi connectivity index (χ4n) is 2.72. The van der Waals surface area contributed by atoms with Crippen LogP contribution in [0.5, 0.6) is 11.5 Å². The molecular formula is C20H18N4O2S. The Morgan fingerprint density at radius 3 is 2.52 bits per heavy atom. The molecule has 0 saturated carbocycles. The fraction of sp³-hybridized carbons (Fsp3) is 0.100. The molecule has 0 radical (unpaired) electrons. The van der Waals surface area contributed by atoms with Gasteiger partial charge in [-0.05, 0) is 24.3 Å². The maximum Gasteiger partial charge on any atom is 0.187 e. The summed E-state index contributed by atoms with van der Waals surface area (Å²) in [5, 5.41) is 6.17. The Morgan fingerprint density at radius 2 is 1.81 bits per heavy atom. The van der Waals surface area contributed by atoms with E-state index in [9.17, 15) is 0 Å². The lowest BCUT2D eigenvalue weighted by Crippen LogP contribution is -1.94. The molecular weight excluding hydrogens is 360 g/mol. The minimum absolute atomic E-state index is 0.675. The van der Waals surface area contributed by atoms with Crippen LogP contribution in [-0.4, -0.2) is 28.8 Å². The quantitative estimate of drug-likeness (QED) is 0.524. The van der Waals surface area contributed by atoms with Crippen molar-refractivity contribution in [2.45, 2.75) is 0 Å². The van der Waals surface area contributed by atoms with Crippen LogP contribution >= 0.6 is 11.3 Å². The second-order valence-electron chi connectivity index (χ2n) is 5.75. The number of nitrogens with one attached hydrogen (secondary N) is 1. The number of nitrogens with zero attached hydrogens (tertiary/aromatic N) is 3. The highest BCUT2D eigenvalue weighted by atomic mass is 32.1. The monoisotopic (exact) mass is 378 g/mol. The highest BCUT2D eigenvalue weighted by Crippen LogP contribution is 2.33. The van der Waals surface area contributed by atoms with Crippen molar-refractivity contribution in [1.82, 2.24) is 14.5 Å². The minimum atomic E-state index is 0.675. The number of imidazole rings is 1. The zero-order chi connectivity index (χ0) is 18.6. The van der Waals surface area contributed by atoms with Crippen molar-refractivity contribution in [2.75, 3.05) is 19.5 Å². The number of benzene rings is 2. The molecule has 0 bridgehead atoms. The van der Waals surface area contributed by atoms with Crippen LogP contribution in [0.3, 0.4) is 0 Å². The molecule has 0 unspecified atom stereocenters. The van der Waals surface area contributed by atoms with Crippen LogP contribution in [0.4, 0.5) is 10.8 Å². The van der Waals surface area contributed by atoms with Gasteiger partial charge >= 0.3 is 0 Å². The molecule has 0 amide bonds. The van der Waals surface area contributed by atoms with Gasteiger partial charge in [-0.1, -0.05) is 12.1 Å². The summed E-state index contributed by atoms with van der Waals surface area (Å²) in [7, 11) is 3.24. The molecule has 0 aliphatic rings. The van der Waals surface area contributed by atoms with Crippen molar-refractivity contribution in [3.8, 4) is 28.4 Å². The molecule has 1 N–H and O–H groups in total. The smallest absolute Gasteiger partial charge is 0.187 e. The van der Waals surface area contributed by atoms with Crippen molar-refractivity contribution in [1.29, 1.82) is 0 Å². The summed E-state index contributed by atoms with van der Waals surface area (Å²) in [4.78, 5) is 8.76. The second-order valence-corrected chi connectivity index (χ2v) is 6.61. The number of anilines is 2. The molecule has 0 spiro atoms. The van der Waals surface area contributed by atoms with Crippen molar-refractivity contribution < 1.29 is 9.47 Å². The van der Waals surface area contributed by atoms with Crippen LogP contribution in [0.1, 0.15) is 0 Å². The highest BCUT2D eigenvalue weighted by molar-refractivity contribution is 7.14. The first-order valence-corrected chi connectivity index (χ1v) is 9.18. The van der Waals surface area contributed by atoms with Gasteiger partial charge in [0, 0.05) is 40.8 Å². The standard InChI is InChI=1S/C20H18N4O2S/c1-25-18-8-5-15(11-19(18)26-2)22-20-23-17(12-27-20)14-3-6-16(7-4-14)24-10-9-21-13-24/h3-13H,1-2H3,(H,22,23). The molecule has 0 fully saturated rings. The van der Waals surface area contributed by atoms with E-state index in [4.69, 9.17) is 9.47 Å². The topological polar surface area (TPSA) is 61.2 Å². The van der Waals surface area contributed by atoms with Crippen molar-refractivity contribution in [2.24, 2.45) is 0 Å². The molecule has 0 atom stereocenters. The summed E-state index contributed by atoms with van der Waals surface area (Å²) in [5.74, 6) is 1.37. The van der Waals surface area contributed by atoms with Crippen LogP contribution < -0.4 is 14.8 Å². The molecule has 0 aliphatic heterocycles. The second kappa shape index (κ2) is 7.51. The number of methoxy groups -OCH3 is 2. The minimum Gasteiger partial charge on any atom is -0.493 e. The summed E-state index contributed by atoms with van der Waals surface area (Å²) in [6, 6.07) is 13.9. The average molecular weight is 378 g/mol. The van der Waals surface area contributed by atoms with Crippen molar-refractivity contribution in [3.05, 3.63) is 66.6 Å². The van der Waals surface area contributed by atoms with Gasteiger partial charge in [-0.2, -0.15) is 0 Å². The third-order valence-electron chi connectivity index (χ3n) is 4.10. The predicted molar refractivity (Wildman–Crippen MR) is 108 cm³/mol. The van der Waals surface area contributed by atoms with Gasteiger partial charge in [-0.25, -0.2) is 9.97 Å². The van der Waals surface area contributed by atoms with E-state index >= 15 is 0 Å². The Morgan fingerprint density at radius 1 is 1.00 bits per heavy atom. The lowest BCUT2D eigenvalue weighted by atomic mass is 10.1. The Kier molecular flexibility index (Phi) is 4.76. The van der Waals surface area contributed by atoms with E-state index in [1.54, 1.807) is 38.1 Å². The van der Waals surface area contributed by atoms with Gasteiger partial charge < -0.3 is 19.4 Å². The third-order valence-corrected chi connectivity index (χ3v) is 4.86. The maximum atomic E-state index is 5.34. The van der Waals surface area contributed by atoms with Crippen LogP contribution in [-0.2, 0) is 0 Å². The van der Waals surface area contributed by atoms with E-state index in [0.717, 1.165) is 27.8 Å². The number of hydrogen-bond acceptors (Lipinski definition) is 6. The number of aromatic nitrogens is 3. The SMILES string of the molecule is COc1ccc(Nc2nc(-c3ccc(-n4ccnc4)cc3)cs2)cc1OC. The molecule has 2 aromatic heterocycles.